The maximum Gasteiger partial charge on any atom is 0.379 e. The van der Waals surface area contributed by atoms with E-state index < -0.39 is 21.6 Å². The minimum atomic E-state index is -3.68. The van der Waals surface area contributed by atoms with Gasteiger partial charge in [0.2, 0.25) is 0 Å². The van der Waals surface area contributed by atoms with Crippen LogP contribution in [0.5, 0.6) is 11.5 Å². The van der Waals surface area contributed by atoms with Gasteiger partial charge in [-0.15, -0.1) is 0 Å². The Kier molecular flexibility index (Phi) is 5.31. The van der Waals surface area contributed by atoms with Crippen molar-refractivity contribution in [1.82, 2.24) is 0 Å². The standard InChI is InChI=1S/C13H16O7S/c1-5-20-13(15)11(14)9-6-8(18-2)7-10(12(9)19-3)21(4,16)17/h6-7H,5H2,1-4H3. The molecule has 0 saturated carbocycles. The summed E-state index contributed by atoms with van der Waals surface area (Å²) in [5.74, 6) is -2.19. The van der Waals surface area contributed by atoms with Crippen LogP contribution in [-0.4, -0.2) is 47.3 Å². The third-order valence-corrected chi connectivity index (χ3v) is 3.68. The largest absolute Gasteiger partial charge is 0.497 e. The summed E-state index contributed by atoms with van der Waals surface area (Å²) in [5.41, 5.74) is -0.226. The van der Waals surface area contributed by atoms with Gasteiger partial charge in [-0.2, -0.15) is 0 Å². The van der Waals surface area contributed by atoms with E-state index in [9.17, 15) is 18.0 Å². The van der Waals surface area contributed by atoms with Gasteiger partial charge in [-0.05, 0) is 13.0 Å². The second kappa shape index (κ2) is 6.57. The fourth-order valence-electron chi connectivity index (χ4n) is 1.66. The number of esters is 1. The summed E-state index contributed by atoms with van der Waals surface area (Å²) in [6.45, 7) is 1.58. The molecule has 0 N–H and O–H groups in total. The highest BCUT2D eigenvalue weighted by Gasteiger charge is 2.28. The molecule has 0 aliphatic heterocycles. The average Bonchev–Trinajstić information content (AvgIpc) is 2.44. The van der Waals surface area contributed by atoms with Crippen LogP contribution in [-0.2, 0) is 19.4 Å². The van der Waals surface area contributed by atoms with Gasteiger partial charge in [-0.1, -0.05) is 0 Å². The number of carbonyl (C=O) groups excluding carboxylic acids is 2. The Bertz CT molecular complexity index is 661. The van der Waals surface area contributed by atoms with Crippen molar-refractivity contribution in [3.05, 3.63) is 17.7 Å². The minimum absolute atomic E-state index is 0.0236. The summed E-state index contributed by atoms with van der Waals surface area (Å²) in [7, 11) is -1.16. The van der Waals surface area contributed by atoms with Gasteiger partial charge in [-0.25, -0.2) is 13.2 Å². The lowest BCUT2D eigenvalue weighted by molar-refractivity contribution is -0.137. The molecule has 0 atom stereocenters. The Morgan fingerprint density at radius 2 is 1.76 bits per heavy atom. The first-order chi connectivity index (χ1) is 9.76. The fourth-order valence-corrected chi connectivity index (χ4v) is 2.52. The topological polar surface area (TPSA) is 96.0 Å². The predicted molar refractivity (Wildman–Crippen MR) is 73.6 cm³/mol. The molecule has 8 heteroatoms. The molecule has 0 aliphatic carbocycles. The van der Waals surface area contributed by atoms with Gasteiger partial charge in [0.05, 0.1) is 26.4 Å². The summed E-state index contributed by atoms with van der Waals surface area (Å²) in [4.78, 5) is 23.4. The number of hydrogen-bond acceptors (Lipinski definition) is 7. The summed E-state index contributed by atoms with van der Waals surface area (Å²) < 4.78 is 38.1. The molecule has 0 radical (unpaired) electrons. The van der Waals surface area contributed by atoms with Crippen molar-refractivity contribution >= 4 is 21.6 Å². The van der Waals surface area contributed by atoms with Gasteiger partial charge >= 0.3 is 5.97 Å². The summed E-state index contributed by atoms with van der Waals surface area (Å²) in [5, 5.41) is 0. The van der Waals surface area contributed by atoms with Crippen molar-refractivity contribution in [1.29, 1.82) is 0 Å². The average molecular weight is 316 g/mol. The molecule has 21 heavy (non-hydrogen) atoms. The molecule has 0 spiro atoms. The van der Waals surface area contributed by atoms with Crippen LogP contribution >= 0.6 is 0 Å². The number of rotatable bonds is 6. The monoisotopic (exact) mass is 316 g/mol. The Morgan fingerprint density at radius 3 is 2.19 bits per heavy atom. The SMILES string of the molecule is CCOC(=O)C(=O)c1cc(OC)cc(S(C)(=O)=O)c1OC. The van der Waals surface area contributed by atoms with Gasteiger partial charge in [0, 0.05) is 12.3 Å². The first-order valence-electron chi connectivity index (χ1n) is 5.93. The molecule has 0 aromatic heterocycles. The van der Waals surface area contributed by atoms with Crippen LogP contribution in [0.4, 0.5) is 0 Å². The van der Waals surface area contributed by atoms with Crippen molar-refractivity contribution in [3.63, 3.8) is 0 Å². The number of sulfone groups is 1. The highest BCUT2D eigenvalue weighted by molar-refractivity contribution is 7.90. The van der Waals surface area contributed by atoms with Crippen LogP contribution in [0.1, 0.15) is 17.3 Å². The first-order valence-corrected chi connectivity index (χ1v) is 7.82. The van der Waals surface area contributed by atoms with Crippen molar-refractivity contribution in [2.45, 2.75) is 11.8 Å². The lowest BCUT2D eigenvalue weighted by Gasteiger charge is -2.13. The van der Waals surface area contributed by atoms with E-state index in [0.29, 0.717) is 0 Å². The minimum Gasteiger partial charge on any atom is -0.497 e. The second-order valence-electron chi connectivity index (χ2n) is 4.03. The van der Waals surface area contributed by atoms with Crippen molar-refractivity contribution < 1.29 is 32.2 Å². The Labute approximate surface area is 122 Å². The van der Waals surface area contributed by atoms with Crippen LogP contribution in [0, 0.1) is 0 Å². The molecule has 1 rings (SSSR count). The van der Waals surface area contributed by atoms with E-state index in [2.05, 4.69) is 4.74 Å². The third-order valence-electron chi connectivity index (χ3n) is 2.57. The molecule has 0 amide bonds. The molecule has 0 bridgehead atoms. The molecule has 0 aliphatic rings. The molecule has 0 saturated heterocycles. The molecule has 0 heterocycles. The number of ether oxygens (including phenoxy) is 3. The van der Waals surface area contributed by atoms with Crippen LogP contribution in [0.25, 0.3) is 0 Å². The lowest BCUT2D eigenvalue weighted by atomic mass is 10.1. The Morgan fingerprint density at radius 1 is 1.14 bits per heavy atom. The van der Waals surface area contributed by atoms with Gasteiger partial charge in [-0.3, -0.25) is 4.79 Å². The molecule has 0 fully saturated rings. The summed E-state index contributed by atoms with van der Waals surface area (Å²) in [6.07, 6.45) is 0.961. The summed E-state index contributed by atoms with van der Waals surface area (Å²) in [6, 6.07) is 2.45. The lowest BCUT2D eigenvalue weighted by Crippen LogP contribution is -2.19. The highest BCUT2D eigenvalue weighted by Crippen LogP contribution is 2.33. The second-order valence-corrected chi connectivity index (χ2v) is 6.01. The number of benzene rings is 1. The van der Waals surface area contributed by atoms with Crippen molar-refractivity contribution in [3.8, 4) is 11.5 Å². The fraction of sp³-hybridized carbons (Fsp3) is 0.385. The number of carbonyl (C=O) groups is 2. The zero-order chi connectivity index (χ0) is 16.2. The quantitative estimate of drug-likeness (QED) is 0.436. The van der Waals surface area contributed by atoms with Gasteiger partial charge in [0.1, 0.15) is 16.4 Å². The predicted octanol–water partition coefficient (Wildman–Crippen LogP) is 0.853. The highest BCUT2D eigenvalue weighted by atomic mass is 32.2. The van der Waals surface area contributed by atoms with E-state index in [1.165, 1.54) is 26.4 Å². The van der Waals surface area contributed by atoms with E-state index >= 15 is 0 Å². The Hall–Kier alpha value is -2.09. The molecule has 116 valence electrons. The van der Waals surface area contributed by atoms with Crippen LogP contribution in [0.2, 0.25) is 0 Å². The van der Waals surface area contributed by atoms with Crippen LogP contribution < -0.4 is 9.47 Å². The number of Topliss-reactive ketones (excluding diaryl/α,β-unsaturated/α-hetero) is 1. The molecular weight excluding hydrogens is 300 g/mol. The molecule has 0 unspecified atom stereocenters. The van der Waals surface area contributed by atoms with Gasteiger partial charge < -0.3 is 14.2 Å². The maximum absolute atomic E-state index is 12.1. The van der Waals surface area contributed by atoms with Crippen LogP contribution in [0.3, 0.4) is 0 Å². The molecule has 7 nitrogen and oxygen atoms in total. The molecule has 1 aromatic carbocycles. The van der Waals surface area contributed by atoms with Gasteiger partial charge in [0.15, 0.2) is 9.84 Å². The maximum atomic E-state index is 12.1. The number of hydrogen-bond donors (Lipinski definition) is 0. The van der Waals surface area contributed by atoms with E-state index in [1.807, 2.05) is 0 Å². The van der Waals surface area contributed by atoms with E-state index in [4.69, 9.17) is 9.47 Å². The van der Waals surface area contributed by atoms with E-state index in [0.717, 1.165) is 6.26 Å². The summed E-state index contributed by atoms with van der Waals surface area (Å²) >= 11 is 0. The smallest absolute Gasteiger partial charge is 0.379 e. The number of ketones is 1. The van der Waals surface area contributed by atoms with E-state index in [1.54, 1.807) is 6.92 Å². The normalized spacial score (nSPS) is 10.9. The molecular formula is C13H16O7S. The zero-order valence-electron chi connectivity index (χ0n) is 12.1. The van der Waals surface area contributed by atoms with Crippen molar-refractivity contribution in [2.24, 2.45) is 0 Å². The molecule has 1 aromatic rings. The van der Waals surface area contributed by atoms with E-state index in [-0.39, 0.29) is 28.6 Å². The van der Waals surface area contributed by atoms with Crippen molar-refractivity contribution in [2.75, 3.05) is 27.1 Å². The zero-order valence-corrected chi connectivity index (χ0v) is 12.9. The van der Waals surface area contributed by atoms with Gasteiger partial charge in [0.25, 0.3) is 5.78 Å². The number of methoxy groups -OCH3 is 2. The Balaban J connectivity index is 3.57. The third kappa shape index (κ3) is 3.72. The first kappa shape index (κ1) is 17.0. The van der Waals surface area contributed by atoms with Crippen LogP contribution in [0.15, 0.2) is 17.0 Å².